The lowest BCUT2D eigenvalue weighted by Crippen LogP contribution is -2.39. The van der Waals surface area contributed by atoms with Gasteiger partial charge in [-0.05, 0) is 30.3 Å². The molecule has 2 unspecified atom stereocenters. The van der Waals surface area contributed by atoms with E-state index >= 15 is 0 Å². The third-order valence-corrected chi connectivity index (χ3v) is 4.35. The second-order valence-electron chi connectivity index (χ2n) is 4.91. The van der Waals surface area contributed by atoms with Crippen molar-refractivity contribution in [2.45, 2.75) is 19.4 Å². The standard InChI is InChI=1S/C15H20BrNO3/c1-3-17-14-9-20-8-12(14)15(18)7-10-6-11(19-2)4-5-13(10)16/h4-6,12,14,17H,3,7-9H2,1-2H3. The van der Waals surface area contributed by atoms with Gasteiger partial charge in [-0.3, -0.25) is 4.79 Å². The van der Waals surface area contributed by atoms with Gasteiger partial charge in [0.2, 0.25) is 0 Å². The molecule has 1 heterocycles. The molecule has 0 aromatic heterocycles. The number of hydrogen-bond donors (Lipinski definition) is 1. The Labute approximate surface area is 128 Å². The molecule has 0 spiro atoms. The van der Waals surface area contributed by atoms with E-state index in [0.717, 1.165) is 22.3 Å². The third-order valence-electron chi connectivity index (χ3n) is 3.58. The maximum atomic E-state index is 12.5. The number of hydrogen-bond acceptors (Lipinski definition) is 4. The van der Waals surface area contributed by atoms with E-state index in [9.17, 15) is 4.79 Å². The van der Waals surface area contributed by atoms with Crippen molar-refractivity contribution in [2.24, 2.45) is 5.92 Å². The quantitative estimate of drug-likeness (QED) is 0.861. The average molecular weight is 342 g/mol. The highest BCUT2D eigenvalue weighted by atomic mass is 79.9. The Morgan fingerprint density at radius 3 is 3.00 bits per heavy atom. The van der Waals surface area contributed by atoms with Crippen molar-refractivity contribution in [1.82, 2.24) is 5.32 Å². The second-order valence-corrected chi connectivity index (χ2v) is 5.76. The van der Waals surface area contributed by atoms with Crippen LogP contribution >= 0.6 is 15.9 Å². The first kappa shape index (κ1) is 15.5. The van der Waals surface area contributed by atoms with Gasteiger partial charge in [-0.15, -0.1) is 0 Å². The van der Waals surface area contributed by atoms with Crippen LogP contribution in [-0.4, -0.2) is 38.7 Å². The number of carbonyl (C=O) groups excluding carboxylic acids is 1. The Morgan fingerprint density at radius 1 is 1.50 bits per heavy atom. The van der Waals surface area contributed by atoms with E-state index in [1.54, 1.807) is 7.11 Å². The van der Waals surface area contributed by atoms with Crippen LogP contribution in [0.1, 0.15) is 12.5 Å². The zero-order valence-corrected chi connectivity index (χ0v) is 13.4. The summed E-state index contributed by atoms with van der Waals surface area (Å²) in [6, 6.07) is 5.82. The van der Waals surface area contributed by atoms with Crippen LogP contribution in [0.5, 0.6) is 5.75 Å². The monoisotopic (exact) mass is 341 g/mol. The van der Waals surface area contributed by atoms with Gasteiger partial charge >= 0.3 is 0 Å². The molecule has 1 aliphatic rings. The van der Waals surface area contributed by atoms with Crippen LogP contribution in [0, 0.1) is 5.92 Å². The number of likely N-dealkylation sites (N-methyl/N-ethyl adjacent to an activating group) is 1. The smallest absolute Gasteiger partial charge is 0.144 e. The fraction of sp³-hybridized carbons (Fsp3) is 0.533. The van der Waals surface area contributed by atoms with E-state index < -0.39 is 0 Å². The highest BCUT2D eigenvalue weighted by Gasteiger charge is 2.33. The Morgan fingerprint density at radius 2 is 2.30 bits per heavy atom. The maximum absolute atomic E-state index is 12.5. The molecular formula is C15H20BrNO3. The van der Waals surface area contributed by atoms with Crippen molar-refractivity contribution in [3.63, 3.8) is 0 Å². The highest BCUT2D eigenvalue weighted by molar-refractivity contribution is 9.10. The molecular weight excluding hydrogens is 322 g/mol. The van der Waals surface area contributed by atoms with Crippen molar-refractivity contribution >= 4 is 21.7 Å². The molecule has 2 atom stereocenters. The SMILES string of the molecule is CCNC1COCC1C(=O)Cc1cc(OC)ccc1Br. The van der Waals surface area contributed by atoms with Crippen molar-refractivity contribution in [3.8, 4) is 5.75 Å². The van der Waals surface area contributed by atoms with Crippen molar-refractivity contribution in [3.05, 3.63) is 28.2 Å². The molecule has 4 nitrogen and oxygen atoms in total. The molecule has 2 rings (SSSR count). The number of halogens is 1. The summed E-state index contributed by atoms with van der Waals surface area (Å²) in [7, 11) is 1.63. The lowest BCUT2D eigenvalue weighted by atomic mass is 9.93. The molecule has 1 aromatic carbocycles. The van der Waals surface area contributed by atoms with Crippen LogP contribution in [0.2, 0.25) is 0 Å². The molecule has 0 amide bonds. The first-order valence-electron chi connectivity index (χ1n) is 6.82. The Bertz CT molecular complexity index is 478. The summed E-state index contributed by atoms with van der Waals surface area (Å²) >= 11 is 3.49. The summed E-state index contributed by atoms with van der Waals surface area (Å²) in [6.45, 7) is 4.01. The Kier molecular flexibility index (Phi) is 5.57. The molecule has 1 aliphatic heterocycles. The predicted molar refractivity (Wildman–Crippen MR) is 81.2 cm³/mol. The zero-order valence-electron chi connectivity index (χ0n) is 11.8. The molecule has 1 saturated heterocycles. The van der Waals surface area contributed by atoms with E-state index in [1.165, 1.54) is 0 Å². The fourth-order valence-corrected chi connectivity index (χ4v) is 2.85. The normalized spacial score (nSPS) is 21.9. The largest absolute Gasteiger partial charge is 0.497 e. The van der Waals surface area contributed by atoms with Crippen LogP contribution < -0.4 is 10.1 Å². The van der Waals surface area contributed by atoms with E-state index in [4.69, 9.17) is 9.47 Å². The minimum atomic E-state index is -0.0620. The van der Waals surface area contributed by atoms with Gasteiger partial charge in [0.25, 0.3) is 0 Å². The van der Waals surface area contributed by atoms with Crippen molar-refractivity contribution in [2.75, 3.05) is 26.9 Å². The van der Waals surface area contributed by atoms with Gasteiger partial charge in [0, 0.05) is 16.9 Å². The van der Waals surface area contributed by atoms with Crippen LogP contribution in [0.4, 0.5) is 0 Å². The van der Waals surface area contributed by atoms with Gasteiger partial charge in [-0.25, -0.2) is 0 Å². The molecule has 1 aromatic rings. The number of benzene rings is 1. The number of methoxy groups -OCH3 is 1. The maximum Gasteiger partial charge on any atom is 0.144 e. The van der Waals surface area contributed by atoms with Gasteiger partial charge in [0.05, 0.1) is 26.2 Å². The molecule has 5 heteroatoms. The lowest BCUT2D eigenvalue weighted by molar-refractivity contribution is -0.122. The number of carbonyl (C=O) groups is 1. The van der Waals surface area contributed by atoms with Gasteiger partial charge in [0.15, 0.2) is 0 Å². The summed E-state index contributed by atoms with van der Waals surface area (Å²) in [5.41, 5.74) is 0.955. The summed E-state index contributed by atoms with van der Waals surface area (Å²) in [4.78, 5) is 12.5. The predicted octanol–water partition coefficient (Wildman–Crippen LogP) is 2.19. The van der Waals surface area contributed by atoms with Gasteiger partial charge in [-0.2, -0.15) is 0 Å². The molecule has 0 bridgehead atoms. The molecule has 0 aliphatic carbocycles. The van der Waals surface area contributed by atoms with Crippen LogP contribution in [0.25, 0.3) is 0 Å². The first-order chi connectivity index (χ1) is 9.65. The summed E-state index contributed by atoms with van der Waals surface area (Å²) in [5, 5.41) is 3.32. The topological polar surface area (TPSA) is 47.6 Å². The minimum Gasteiger partial charge on any atom is -0.497 e. The number of ketones is 1. The van der Waals surface area contributed by atoms with Crippen LogP contribution in [-0.2, 0) is 16.0 Å². The van der Waals surface area contributed by atoms with E-state index in [2.05, 4.69) is 21.2 Å². The van der Waals surface area contributed by atoms with Gasteiger partial charge < -0.3 is 14.8 Å². The van der Waals surface area contributed by atoms with E-state index in [0.29, 0.717) is 19.6 Å². The average Bonchev–Trinajstić information content (AvgIpc) is 2.90. The second kappa shape index (κ2) is 7.20. The molecule has 20 heavy (non-hydrogen) atoms. The van der Waals surface area contributed by atoms with Crippen LogP contribution in [0.3, 0.4) is 0 Å². The molecule has 1 N–H and O–H groups in total. The lowest BCUT2D eigenvalue weighted by Gasteiger charge is -2.17. The van der Waals surface area contributed by atoms with Crippen molar-refractivity contribution < 1.29 is 14.3 Å². The number of Topliss-reactive ketones (excluding diaryl/α,β-unsaturated/α-hetero) is 1. The number of rotatable bonds is 6. The first-order valence-corrected chi connectivity index (χ1v) is 7.61. The van der Waals surface area contributed by atoms with E-state index in [-0.39, 0.29) is 17.7 Å². The molecule has 0 saturated carbocycles. The van der Waals surface area contributed by atoms with E-state index in [1.807, 2.05) is 25.1 Å². The number of ether oxygens (including phenoxy) is 2. The van der Waals surface area contributed by atoms with Crippen molar-refractivity contribution in [1.29, 1.82) is 0 Å². The summed E-state index contributed by atoms with van der Waals surface area (Å²) < 4.78 is 11.6. The number of nitrogens with one attached hydrogen (secondary N) is 1. The molecule has 110 valence electrons. The Balaban J connectivity index is 2.07. The summed E-state index contributed by atoms with van der Waals surface area (Å²) in [6.07, 6.45) is 0.397. The minimum absolute atomic E-state index is 0.0620. The summed E-state index contributed by atoms with van der Waals surface area (Å²) in [5.74, 6) is 0.914. The Hall–Kier alpha value is -0.910. The highest BCUT2D eigenvalue weighted by Crippen LogP contribution is 2.25. The van der Waals surface area contributed by atoms with Crippen LogP contribution in [0.15, 0.2) is 22.7 Å². The van der Waals surface area contributed by atoms with Gasteiger partial charge in [-0.1, -0.05) is 22.9 Å². The third kappa shape index (κ3) is 3.59. The zero-order chi connectivity index (χ0) is 14.5. The molecule has 1 fully saturated rings. The molecule has 0 radical (unpaired) electrons. The van der Waals surface area contributed by atoms with Gasteiger partial charge in [0.1, 0.15) is 11.5 Å². The fourth-order valence-electron chi connectivity index (χ4n) is 2.47.